The molecule has 1 fully saturated rings. The zero-order chi connectivity index (χ0) is 17.3. The van der Waals surface area contributed by atoms with Gasteiger partial charge in [0.2, 0.25) is 5.91 Å². The van der Waals surface area contributed by atoms with Gasteiger partial charge in [-0.15, -0.1) is 0 Å². The molecule has 7 heteroatoms. The Morgan fingerprint density at radius 2 is 1.78 bits per heavy atom. The van der Waals surface area contributed by atoms with Gasteiger partial charge in [0.25, 0.3) is 5.92 Å². The number of amides is 1. The van der Waals surface area contributed by atoms with Crippen molar-refractivity contribution in [2.75, 3.05) is 38.2 Å². The average molecular weight is 327 g/mol. The van der Waals surface area contributed by atoms with Gasteiger partial charge in [0.1, 0.15) is 17.0 Å². The molecule has 128 valence electrons. The van der Waals surface area contributed by atoms with E-state index in [1.54, 1.807) is 13.3 Å². The van der Waals surface area contributed by atoms with E-state index in [2.05, 4.69) is 4.98 Å². The van der Waals surface area contributed by atoms with Gasteiger partial charge in [-0.05, 0) is 26.0 Å². The van der Waals surface area contributed by atoms with Gasteiger partial charge in [0, 0.05) is 33.1 Å². The van der Waals surface area contributed by atoms with Crippen LogP contribution in [0.15, 0.2) is 18.3 Å². The average Bonchev–Trinajstić information content (AvgIpc) is 2.53. The number of hydrogen-bond acceptors (Lipinski definition) is 4. The summed E-state index contributed by atoms with van der Waals surface area (Å²) in [5, 5.41) is 0. The van der Waals surface area contributed by atoms with Crippen LogP contribution in [0.4, 0.5) is 14.6 Å². The molecule has 1 aromatic rings. The lowest BCUT2D eigenvalue weighted by Gasteiger charge is -2.40. The second kappa shape index (κ2) is 6.29. The van der Waals surface area contributed by atoms with Gasteiger partial charge >= 0.3 is 0 Å². The van der Waals surface area contributed by atoms with Crippen molar-refractivity contribution in [3.05, 3.63) is 18.3 Å². The minimum atomic E-state index is -3.06. The van der Waals surface area contributed by atoms with Crippen molar-refractivity contribution in [3.63, 3.8) is 0 Å². The number of anilines is 1. The highest BCUT2D eigenvalue weighted by molar-refractivity contribution is 5.83. The van der Waals surface area contributed by atoms with Gasteiger partial charge in [-0.3, -0.25) is 4.79 Å². The maximum Gasteiger partial charge on any atom is 0.259 e. The zero-order valence-corrected chi connectivity index (χ0v) is 14.0. The minimum absolute atomic E-state index is 0.409. The second-order valence-electron chi connectivity index (χ2n) is 6.35. The van der Waals surface area contributed by atoms with Gasteiger partial charge < -0.3 is 14.5 Å². The number of methoxy groups -OCH3 is 1. The van der Waals surface area contributed by atoms with Crippen LogP contribution in [-0.4, -0.2) is 55.0 Å². The summed E-state index contributed by atoms with van der Waals surface area (Å²) in [5.41, 5.74) is -1.70. The van der Waals surface area contributed by atoms with Crippen LogP contribution in [0.25, 0.3) is 0 Å². The number of nitrogens with zero attached hydrogens (tertiary/aromatic N) is 3. The number of hydrogen-bond donors (Lipinski definition) is 0. The molecule has 0 bridgehead atoms. The van der Waals surface area contributed by atoms with Crippen LogP contribution in [0.5, 0.6) is 5.75 Å². The summed E-state index contributed by atoms with van der Waals surface area (Å²) in [6, 6.07) is 3.67. The number of aromatic nitrogens is 1. The van der Waals surface area contributed by atoms with E-state index in [0.29, 0.717) is 31.9 Å². The molecule has 2 heterocycles. The number of carbonyl (C=O) groups is 1. The topological polar surface area (TPSA) is 45.7 Å². The molecule has 2 rings (SSSR count). The maximum atomic E-state index is 13.6. The summed E-state index contributed by atoms with van der Waals surface area (Å²) >= 11 is 0. The summed E-state index contributed by atoms with van der Waals surface area (Å²) in [7, 11) is 1.58. The molecule has 1 aromatic heterocycles. The van der Waals surface area contributed by atoms with Crippen LogP contribution in [0, 0.1) is 5.41 Å². The molecule has 1 aliphatic heterocycles. The number of alkyl halides is 2. The Bertz CT molecular complexity index is 547. The van der Waals surface area contributed by atoms with Gasteiger partial charge in [-0.25, -0.2) is 13.8 Å². The highest BCUT2D eigenvalue weighted by Gasteiger charge is 2.50. The number of ether oxygens (including phenoxy) is 1. The highest BCUT2D eigenvalue weighted by Crippen LogP contribution is 2.37. The molecule has 0 unspecified atom stereocenters. The molecular weight excluding hydrogens is 304 g/mol. The van der Waals surface area contributed by atoms with Gasteiger partial charge in [0.15, 0.2) is 0 Å². The third-order valence-electron chi connectivity index (χ3n) is 4.48. The fraction of sp³-hybridized carbons (Fsp3) is 0.625. The van der Waals surface area contributed by atoms with E-state index in [-0.39, 0.29) is 0 Å². The molecule has 1 aliphatic rings. The van der Waals surface area contributed by atoms with E-state index in [9.17, 15) is 13.6 Å². The first-order valence-corrected chi connectivity index (χ1v) is 7.59. The van der Waals surface area contributed by atoms with Crippen LogP contribution in [0.1, 0.15) is 20.8 Å². The molecule has 0 saturated carbocycles. The van der Waals surface area contributed by atoms with Crippen LogP contribution < -0.4 is 9.64 Å². The van der Waals surface area contributed by atoms with E-state index < -0.39 is 17.2 Å². The molecule has 0 spiro atoms. The predicted molar refractivity (Wildman–Crippen MR) is 84.0 cm³/mol. The standard InChI is InChI=1S/C16H23F2N3O2/c1-15(2,16(3,17)18)14(22)21-9-7-20(8-10-21)13-6-5-12(23-4)11-19-13/h5-6,11H,7-10H2,1-4H3. The quantitative estimate of drug-likeness (QED) is 0.852. The molecule has 1 amide bonds. The molecule has 0 N–H and O–H groups in total. The molecule has 0 radical (unpaired) electrons. The lowest BCUT2D eigenvalue weighted by Crippen LogP contribution is -2.55. The van der Waals surface area contributed by atoms with E-state index in [1.165, 1.54) is 18.7 Å². The Kier molecular flexibility index (Phi) is 4.77. The summed E-state index contributed by atoms with van der Waals surface area (Å²) in [6.07, 6.45) is 1.63. The number of pyridine rings is 1. The van der Waals surface area contributed by atoms with Crippen LogP contribution in [0.2, 0.25) is 0 Å². The van der Waals surface area contributed by atoms with Crippen molar-refractivity contribution in [1.82, 2.24) is 9.88 Å². The molecule has 23 heavy (non-hydrogen) atoms. The van der Waals surface area contributed by atoms with Crippen molar-refractivity contribution >= 4 is 11.7 Å². The Morgan fingerprint density at radius 1 is 1.17 bits per heavy atom. The van der Waals surface area contributed by atoms with Crippen molar-refractivity contribution in [2.24, 2.45) is 5.41 Å². The molecular formula is C16H23F2N3O2. The van der Waals surface area contributed by atoms with E-state index in [1.807, 2.05) is 17.0 Å². The first-order chi connectivity index (χ1) is 10.7. The maximum absolute atomic E-state index is 13.6. The number of rotatable bonds is 4. The fourth-order valence-corrected chi connectivity index (χ4v) is 2.40. The van der Waals surface area contributed by atoms with Crippen molar-refractivity contribution in [3.8, 4) is 5.75 Å². The third kappa shape index (κ3) is 3.54. The molecule has 0 aromatic carbocycles. The Hall–Kier alpha value is -1.92. The highest BCUT2D eigenvalue weighted by atomic mass is 19.3. The van der Waals surface area contributed by atoms with E-state index >= 15 is 0 Å². The summed E-state index contributed by atoms with van der Waals surface area (Å²) in [6.45, 7) is 5.34. The monoisotopic (exact) mass is 327 g/mol. The Morgan fingerprint density at radius 3 is 2.22 bits per heavy atom. The molecule has 5 nitrogen and oxygen atoms in total. The number of piperazine rings is 1. The predicted octanol–water partition coefficient (Wildman–Crippen LogP) is 2.42. The molecule has 0 atom stereocenters. The van der Waals surface area contributed by atoms with Crippen LogP contribution in [-0.2, 0) is 4.79 Å². The van der Waals surface area contributed by atoms with Crippen molar-refractivity contribution < 1.29 is 18.3 Å². The van der Waals surface area contributed by atoms with E-state index in [4.69, 9.17) is 4.74 Å². The SMILES string of the molecule is COc1ccc(N2CCN(C(=O)C(C)(C)C(C)(F)F)CC2)nc1. The largest absolute Gasteiger partial charge is 0.495 e. The minimum Gasteiger partial charge on any atom is -0.495 e. The lowest BCUT2D eigenvalue weighted by molar-refractivity contribution is -0.162. The summed E-state index contributed by atoms with van der Waals surface area (Å²) in [5.74, 6) is -2.10. The number of halogens is 2. The molecule has 0 aliphatic carbocycles. The Balaban J connectivity index is 1.99. The first-order valence-electron chi connectivity index (χ1n) is 7.59. The normalized spacial score (nSPS) is 16.4. The zero-order valence-electron chi connectivity index (χ0n) is 14.0. The van der Waals surface area contributed by atoms with Crippen LogP contribution in [0.3, 0.4) is 0 Å². The lowest BCUT2D eigenvalue weighted by atomic mass is 9.84. The first kappa shape index (κ1) is 17.4. The third-order valence-corrected chi connectivity index (χ3v) is 4.48. The van der Waals surface area contributed by atoms with E-state index in [0.717, 1.165) is 12.7 Å². The summed E-state index contributed by atoms with van der Waals surface area (Å²) in [4.78, 5) is 20.2. The van der Waals surface area contributed by atoms with Gasteiger partial charge in [-0.2, -0.15) is 0 Å². The van der Waals surface area contributed by atoms with Crippen LogP contribution >= 0.6 is 0 Å². The van der Waals surface area contributed by atoms with Gasteiger partial charge in [-0.1, -0.05) is 0 Å². The van der Waals surface area contributed by atoms with Crippen molar-refractivity contribution in [2.45, 2.75) is 26.7 Å². The van der Waals surface area contributed by atoms with Gasteiger partial charge in [0.05, 0.1) is 13.3 Å². The summed E-state index contributed by atoms with van der Waals surface area (Å²) < 4.78 is 32.3. The Labute approximate surface area is 135 Å². The smallest absolute Gasteiger partial charge is 0.259 e. The van der Waals surface area contributed by atoms with Crippen molar-refractivity contribution in [1.29, 1.82) is 0 Å². The molecule has 1 saturated heterocycles. The second-order valence-corrected chi connectivity index (χ2v) is 6.35. The fourth-order valence-electron chi connectivity index (χ4n) is 2.40. The number of carbonyl (C=O) groups excluding carboxylic acids is 1.